The molecule has 4 rings (SSSR count). The van der Waals surface area contributed by atoms with E-state index >= 15 is 0 Å². The average Bonchev–Trinajstić information content (AvgIpc) is 2.76. The smallest absolute Gasteiger partial charge is 0.257 e. The minimum Gasteiger partial charge on any atom is -0.489 e. The highest BCUT2D eigenvalue weighted by Gasteiger charge is 2.29. The van der Waals surface area contributed by atoms with Crippen molar-refractivity contribution >= 4 is 11.6 Å². The number of nitrogens with one attached hydrogen (secondary N) is 2. The molecule has 9 nitrogen and oxygen atoms in total. The number of aromatic amines is 2. The van der Waals surface area contributed by atoms with Gasteiger partial charge in [0.25, 0.3) is 11.1 Å². The number of nitrogens with zero attached hydrogens (tertiary/aromatic N) is 2. The van der Waals surface area contributed by atoms with Crippen LogP contribution in [0.5, 0.6) is 5.75 Å². The Bertz CT molecular complexity index is 1330. The number of rotatable bonds is 6. The first kappa shape index (κ1) is 21.8. The van der Waals surface area contributed by atoms with E-state index in [0.29, 0.717) is 29.6 Å². The lowest BCUT2D eigenvalue weighted by Crippen LogP contribution is -2.28. The Hall–Kier alpha value is -4.40. The molecule has 0 saturated carbocycles. The van der Waals surface area contributed by atoms with Crippen LogP contribution in [-0.2, 0) is 6.61 Å². The fourth-order valence-corrected chi connectivity index (χ4v) is 3.77. The van der Waals surface area contributed by atoms with E-state index in [1.807, 2.05) is 30.3 Å². The molecule has 168 valence electrons. The molecule has 0 aliphatic rings. The van der Waals surface area contributed by atoms with E-state index < -0.39 is 17.0 Å². The van der Waals surface area contributed by atoms with Gasteiger partial charge in [0.05, 0.1) is 17.0 Å². The predicted molar refractivity (Wildman–Crippen MR) is 126 cm³/mol. The van der Waals surface area contributed by atoms with Crippen LogP contribution in [0, 0.1) is 13.8 Å². The van der Waals surface area contributed by atoms with E-state index in [1.165, 1.54) is 0 Å². The van der Waals surface area contributed by atoms with Crippen molar-refractivity contribution in [1.29, 1.82) is 0 Å². The number of aryl methyl sites for hydroxylation is 2. The van der Waals surface area contributed by atoms with Crippen LogP contribution in [0.1, 0.15) is 39.8 Å². The molecule has 0 bridgehead atoms. The largest absolute Gasteiger partial charge is 0.489 e. The average molecular weight is 444 g/mol. The first-order chi connectivity index (χ1) is 15.8. The molecule has 2 aromatic heterocycles. The minimum atomic E-state index is -0.873. The molecule has 2 heterocycles. The number of aromatic nitrogens is 4. The Morgan fingerprint density at radius 3 is 1.82 bits per heavy atom. The number of hydrogen-bond acceptors (Lipinski definition) is 7. The monoisotopic (exact) mass is 444 g/mol. The Morgan fingerprint density at radius 2 is 1.33 bits per heavy atom. The standard InChI is InChI=1S/C24H24N6O3/c1-13-27-21(25)19(23(31)29-13)18(20-22(26)28-14(2)30-24(20)32)16-8-10-17(11-9-16)33-12-15-6-4-3-5-7-15/h3-11,18H,12H2,1-2H3,(H3,25,27,29,31)(H3,26,28,30,32). The molecule has 6 N–H and O–H groups in total. The van der Waals surface area contributed by atoms with Crippen molar-refractivity contribution in [3.63, 3.8) is 0 Å². The van der Waals surface area contributed by atoms with Gasteiger partial charge in [-0.1, -0.05) is 42.5 Å². The maximum atomic E-state index is 12.9. The molecule has 0 aliphatic carbocycles. The van der Waals surface area contributed by atoms with Gasteiger partial charge < -0.3 is 26.2 Å². The highest BCUT2D eigenvalue weighted by molar-refractivity contribution is 5.56. The molecular weight excluding hydrogens is 420 g/mol. The van der Waals surface area contributed by atoms with Gasteiger partial charge in [-0.15, -0.1) is 0 Å². The lowest BCUT2D eigenvalue weighted by Gasteiger charge is -2.20. The van der Waals surface area contributed by atoms with Crippen LogP contribution in [0.4, 0.5) is 11.6 Å². The van der Waals surface area contributed by atoms with E-state index in [0.717, 1.165) is 5.56 Å². The Balaban J connectivity index is 1.78. The van der Waals surface area contributed by atoms with Crippen molar-refractivity contribution in [2.24, 2.45) is 0 Å². The second-order valence-electron chi connectivity index (χ2n) is 7.68. The van der Waals surface area contributed by atoms with Crippen LogP contribution < -0.4 is 27.3 Å². The Labute approximate surface area is 189 Å². The Morgan fingerprint density at radius 1 is 0.818 bits per heavy atom. The molecule has 0 aliphatic heterocycles. The number of ether oxygens (including phenoxy) is 1. The molecule has 0 unspecified atom stereocenters. The summed E-state index contributed by atoms with van der Waals surface area (Å²) in [6.45, 7) is 3.67. The second kappa shape index (κ2) is 8.99. The van der Waals surface area contributed by atoms with Gasteiger partial charge in [-0.25, -0.2) is 9.97 Å². The molecule has 0 fully saturated rings. The lowest BCUT2D eigenvalue weighted by molar-refractivity contribution is 0.306. The third-order valence-electron chi connectivity index (χ3n) is 5.25. The van der Waals surface area contributed by atoms with Gasteiger partial charge in [0.1, 0.15) is 35.6 Å². The summed E-state index contributed by atoms with van der Waals surface area (Å²) in [6.07, 6.45) is 0. The molecule has 4 aromatic rings. The molecular formula is C24H24N6O3. The van der Waals surface area contributed by atoms with Crippen LogP contribution >= 0.6 is 0 Å². The predicted octanol–water partition coefficient (Wildman–Crippen LogP) is 2.39. The summed E-state index contributed by atoms with van der Waals surface area (Å²) in [7, 11) is 0. The number of hydrogen-bond donors (Lipinski definition) is 4. The molecule has 0 amide bonds. The van der Waals surface area contributed by atoms with Crippen LogP contribution in [0.2, 0.25) is 0 Å². The summed E-state index contributed by atoms with van der Waals surface area (Å²) < 4.78 is 5.85. The van der Waals surface area contributed by atoms with Gasteiger partial charge in [0, 0.05) is 0 Å². The maximum Gasteiger partial charge on any atom is 0.257 e. The fraction of sp³-hybridized carbons (Fsp3) is 0.167. The molecule has 9 heteroatoms. The SMILES string of the molecule is Cc1nc(N)c(C(c2ccc(OCc3ccccc3)cc2)c2c(N)nc(C)[nH]c2=O)c(=O)[nH]1. The molecule has 0 radical (unpaired) electrons. The Kier molecular flexibility index (Phi) is 5.95. The number of H-pyrrole nitrogens is 2. The van der Waals surface area contributed by atoms with Crippen molar-refractivity contribution in [3.8, 4) is 5.75 Å². The van der Waals surface area contributed by atoms with Gasteiger partial charge in [-0.05, 0) is 37.1 Å². The first-order valence-electron chi connectivity index (χ1n) is 10.3. The van der Waals surface area contributed by atoms with Crippen molar-refractivity contribution in [2.75, 3.05) is 11.5 Å². The van der Waals surface area contributed by atoms with Crippen LogP contribution in [0.3, 0.4) is 0 Å². The normalized spacial score (nSPS) is 11.0. The quantitative estimate of drug-likeness (QED) is 0.356. The fourth-order valence-electron chi connectivity index (χ4n) is 3.77. The molecule has 0 spiro atoms. The zero-order valence-corrected chi connectivity index (χ0v) is 18.3. The highest BCUT2D eigenvalue weighted by Crippen LogP contribution is 2.33. The van der Waals surface area contributed by atoms with Crippen molar-refractivity contribution in [3.05, 3.63) is 109 Å². The summed E-state index contributed by atoms with van der Waals surface area (Å²) in [4.78, 5) is 39.5. The van der Waals surface area contributed by atoms with E-state index in [1.54, 1.807) is 38.1 Å². The summed E-state index contributed by atoms with van der Waals surface area (Å²) in [5.41, 5.74) is 13.3. The number of anilines is 2. The first-order valence-corrected chi connectivity index (χ1v) is 10.3. The van der Waals surface area contributed by atoms with Gasteiger partial charge >= 0.3 is 0 Å². The summed E-state index contributed by atoms with van der Waals surface area (Å²) >= 11 is 0. The maximum absolute atomic E-state index is 12.9. The molecule has 0 saturated heterocycles. The van der Waals surface area contributed by atoms with Crippen molar-refractivity contribution < 1.29 is 4.74 Å². The summed E-state index contributed by atoms with van der Waals surface area (Å²) in [6, 6.07) is 16.9. The van der Waals surface area contributed by atoms with E-state index in [9.17, 15) is 9.59 Å². The number of nitrogens with two attached hydrogens (primary N) is 2. The van der Waals surface area contributed by atoms with E-state index in [-0.39, 0.29) is 22.8 Å². The minimum absolute atomic E-state index is 0.0185. The number of benzene rings is 2. The van der Waals surface area contributed by atoms with Crippen LogP contribution in [0.15, 0.2) is 64.2 Å². The molecule has 33 heavy (non-hydrogen) atoms. The van der Waals surface area contributed by atoms with Crippen LogP contribution in [0.25, 0.3) is 0 Å². The zero-order valence-electron chi connectivity index (χ0n) is 18.3. The number of nitrogen functional groups attached to an aromatic ring is 2. The van der Waals surface area contributed by atoms with Gasteiger partial charge in [0.15, 0.2) is 0 Å². The lowest BCUT2D eigenvalue weighted by atomic mass is 9.86. The summed E-state index contributed by atoms with van der Waals surface area (Å²) in [5.74, 6) is 0.535. The van der Waals surface area contributed by atoms with Gasteiger partial charge in [0.2, 0.25) is 0 Å². The van der Waals surface area contributed by atoms with Crippen molar-refractivity contribution in [1.82, 2.24) is 19.9 Å². The van der Waals surface area contributed by atoms with Crippen molar-refractivity contribution in [2.45, 2.75) is 26.4 Å². The second-order valence-corrected chi connectivity index (χ2v) is 7.68. The molecule has 0 atom stereocenters. The van der Waals surface area contributed by atoms with E-state index in [4.69, 9.17) is 16.2 Å². The molecule has 2 aromatic carbocycles. The van der Waals surface area contributed by atoms with E-state index in [2.05, 4.69) is 19.9 Å². The highest BCUT2D eigenvalue weighted by atomic mass is 16.5. The topological polar surface area (TPSA) is 153 Å². The van der Waals surface area contributed by atoms with Gasteiger partial charge in [-0.2, -0.15) is 0 Å². The third-order valence-corrected chi connectivity index (χ3v) is 5.25. The van der Waals surface area contributed by atoms with Crippen LogP contribution in [-0.4, -0.2) is 19.9 Å². The third kappa shape index (κ3) is 4.62. The van der Waals surface area contributed by atoms with Gasteiger partial charge in [-0.3, -0.25) is 9.59 Å². The zero-order chi connectivity index (χ0) is 23.5. The summed E-state index contributed by atoms with van der Waals surface area (Å²) in [5, 5.41) is 0.